The lowest BCUT2D eigenvalue weighted by Crippen LogP contribution is -2.64. The Balaban J connectivity index is 0.908. The monoisotopic (exact) mass is 1680 g/mol. The Morgan fingerprint density at radius 1 is 0.394 bits per heavy atom. The zero-order valence-corrected chi connectivity index (χ0v) is 64.1. The van der Waals surface area contributed by atoms with Gasteiger partial charge in [0.1, 0.15) is 169 Å². The van der Waals surface area contributed by atoms with Crippen molar-refractivity contribution < 1.29 is 184 Å². The molecule has 0 spiro atoms. The molecule has 0 radical (unpaired) electrons. The number of nitrogens with one attached hydrogen (secondary N) is 2. The molecule has 25 N–H and O–H groups in total. The van der Waals surface area contributed by atoms with Gasteiger partial charge in [0.2, 0.25) is 0 Å². The molecule has 35 atom stereocenters. The van der Waals surface area contributed by atoms with Gasteiger partial charge in [-0.2, -0.15) is 11.8 Å². The molecule has 638 valence electrons. The van der Waals surface area contributed by atoms with Crippen LogP contribution in [-0.4, -0.2) is 457 Å². The Morgan fingerprint density at radius 2 is 0.844 bits per heavy atom. The molecule has 0 aromatic carbocycles. The molecular weight excluding hydrogens is 1560 g/mol. The van der Waals surface area contributed by atoms with Gasteiger partial charge in [0, 0.05) is 69.0 Å². The Morgan fingerprint density at radius 3 is 1.35 bits per heavy atom. The third kappa shape index (κ3) is 25.3. The van der Waals surface area contributed by atoms with Crippen LogP contribution in [0.2, 0.25) is 0 Å². The second-order valence-corrected chi connectivity index (χ2v) is 33.4. The van der Waals surface area contributed by atoms with Crippen LogP contribution in [-0.2, 0) is 66.3 Å². The van der Waals surface area contributed by atoms with E-state index in [0.29, 0.717) is 68.7 Å². The highest BCUT2D eigenvalue weighted by Crippen LogP contribution is 2.39. The van der Waals surface area contributed by atoms with Gasteiger partial charge in [0.25, 0.3) is 0 Å². The van der Waals surface area contributed by atoms with Crippen LogP contribution in [0.1, 0.15) is 51.4 Å². The maximum atomic E-state index is 11.6. The van der Waals surface area contributed by atoms with Crippen LogP contribution in [0.4, 0.5) is 0 Å². The molecule has 109 heavy (non-hydrogen) atoms. The number of ether oxygens (including phenoxy) is 14. The van der Waals surface area contributed by atoms with Crippen molar-refractivity contribution in [2.45, 2.75) is 258 Å². The van der Waals surface area contributed by atoms with Crippen molar-refractivity contribution in [2.75, 3.05) is 128 Å². The predicted molar refractivity (Wildman–Crippen MR) is 384 cm³/mol. The van der Waals surface area contributed by atoms with Gasteiger partial charge in [-0.05, 0) is 68.0 Å². The van der Waals surface area contributed by atoms with Crippen molar-refractivity contribution >= 4 is 64.4 Å². The van der Waals surface area contributed by atoms with Gasteiger partial charge in [-0.15, -0.1) is 35.3 Å². The molecule has 11 aliphatic rings. The van der Waals surface area contributed by atoms with Crippen LogP contribution in [0.25, 0.3) is 0 Å². The van der Waals surface area contributed by atoms with Gasteiger partial charge >= 0.3 is 0 Å². The molecule has 39 nitrogen and oxygen atoms in total. The van der Waals surface area contributed by atoms with Gasteiger partial charge in [-0.3, -0.25) is 0 Å². The van der Waals surface area contributed by atoms with E-state index in [1.54, 1.807) is 0 Å². The van der Waals surface area contributed by atoms with Crippen molar-refractivity contribution in [2.24, 2.45) is 11.3 Å². The number of hydrogen-bond donors (Lipinski definition) is 25. The van der Waals surface area contributed by atoms with Crippen LogP contribution in [0.3, 0.4) is 0 Å². The van der Waals surface area contributed by atoms with E-state index in [9.17, 15) is 117 Å². The van der Waals surface area contributed by atoms with Crippen molar-refractivity contribution in [1.82, 2.24) is 10.6 Å². The first-order chi connectivity index (χ1) is 52.3. The van der Waals surface area contributed by atoms with Crippen LogP contribution < -0.4 is 10.6 Å². The van der Waals surface area contributed by atoms with Crippen LogP contribution >= 0.6 is 59.3 Å². The second-order valence-electron chi connectivity index (χ2n) is 28.2. The lowest BCUT2D eigenvalue weighted by Gasteiger charge is -2.47. The van der Waals surface area contributed by atoms with Crippen molar-refractivity contribution in [3.05, 3.63) is 0 Å². The fourth-order valence-corrected chi connectivity index (χ4v) is 18.2. The summed E-state index contributed by atoms with van der Waals surface area (Å²) in [6, 6.07) is 0. The third-order valence-corrected chi connectivity index (χ3v) is 25.4. The Kier molecular flexibility index (Phi) is 40.4. The third-order valence-electron chi connectivity index (χ3n) is 20.4. The second kappa shape index (κ2) is 46.8. The number of rotatable bonds is 39. The molecule has 11 rings (SSSR count). The molecule has 11 saturated heterocycles. The van der Waals surface area contributed by atoms with E-state index in [0.717, 1.165) is 35.3 Å². The summed E-state index contributed by atoms with van der Waals surface area (Å²) < 4.78 is 82.8. The Bertz CT molecular complexity index is 2470. The van der Waals surface area contributed by atoms with Crippen LogP contribution in [0.5, 0.6) is 0 Å². The van der Waals surface area contributed by atoms with E-state index >= 15 is 0 Å². The van der Waals surface area contributed by atoms with Crippen molar-refractivity contribution in [3.8, 4) is 0 Å². The zero-order valence-electron chi connectivity index (χ0n) is 60.0. The molecule has 0 saturated carbocycles. The molecule has 0 amide bonds. The fraction of sp³-hybridized carbons (Fsp3) is 0.985. The summed E-state index contributed by atoms with van der Waals surface area (Å²) in [6.45, 7) is -3.07. The van der Waals surface area contributed by atoms with Crippen molar-refractivity contribution in [3.63, 3.8) is 0 Å². The van der Waals surface area contributed by atoms with E-state index in [2.05, 4.69) is 10.6 Å². The first kappa shape index (κ1) is 94.1. The number of hydrogen-bond acceptors (Lipinski definition) is 42. The average molecular weight is 1680 g/mol. The number of aliphatic hydroxyl groups is 23. The first-order valence-corrected chi connectivity index (χ1v) is 41.5. The molecule has 0 aromatic rings. The molecule has 11 aliphatic heterocycles. The molecule has 18 unspecified atom stereocenters. The summed E-state index contributed by atoms with van der Waals surface area (Å²) >= 11 is 10.7. The smallest absolute Gasteiger partial charge is 0.187 e. The Hall–Kier alpha value is -0.390. The quantitative estimate of drug-likeness (QED) is 0.0201. The molecule has 0 aliphatic carbocycles. The average Bonchev–Trinajstić information content (AvgIpc) is 1.24. The van der Waals surface area contributed by atoms with E-state index in [4.69, 9.17) is 78.5 Å². The van der Waals surface area contributed by atoms with E-state index in [1.165, 1.54) is 11.8 Å². The maximum absolute atomic E-state index is 11.6. The van der Waals surface area contributed by atoms with Gasteiger partial charge in [-0.1, -0.05) is 12.8 Å². The molecule has 44 heteroatoms. The first-order valence-electron chi connectivity index (χ1n) is 36.8. The summed E-state index contributed by atoms with van der Waals surface area (Å²) in [5.41, 5.74) is -4.16. The highest BCUT2D eigenvalue weighted by molar-refractivity contribution is 8.00. The minimum Gasteiger partial charge on any atom is -0.394 e. The predicted octanol–water partition coefficient (Wildman–Crippen LogP) is -10.5. The van der Waals surface area contributed by atoms with Gasteiger partial charge in [0.05, 0.1) is 65.1 Å². The van der Waals surface area contributed by atoms with Gasteiger partial charge < -0.3 is 194 Å². The molecule has 4 bridgehead atoms. The largest absolute Gasteiger partial charge is 0.394 e. The summed E-state index contributed by atoms with van der Waals surface area (Å²) in [6.07, 6.45) is -43.1. The Labute approximate surface area is 652 Å². The maximum Gasteiger partial charge on any atom is 0.187 e. The van der Waals surface area contributed by atoms with E-state index < -0.39 is 257 Å². The fourth-order valence-electron chi connectivity index (χ4n) is 13.8. The number of thiocarbonyl (C=S) groups is 1. The van der Waals surface area contributed by atoms with Crippen LogP contribution in [0.15, 0.2) is 0 Å². The lowest BCUT2D eigenvalue weighted by atomic mass is 9.85. The number of aliphatic hydroxyl groups excluding tert-OH is 23. The topological polar surface area (TPSA) is 619 Å². The van der Waals surface area contributed by atoms with Crippen LogP contribution in [0, 0.1) is 11.3 Å². The van der Waals surface area contributed by atoms with E-state index in [1.807, 2.05) is 0 Å². The minimum atomic E-state index is -1.85. The molecule has 11 fully saturated rings. The zero-order chi connectivity index (χ0) is 79.2. The van der Waals surface area contributed by atoms with Gasteiger partial charge in [0.15, 0.2) is 30.3 Å². The SMILES string of the molecule is OCC1O[C@H]2OCCCCCC3C(CSCCNC(=S)NCC(CCOCCCS[C@@H]4OC(CO)[C@H](O)[C@H](O)C4O)(COCCCS[C@@H]4OC(CO)[C@H](O[C@@H]5OC(CO)[C@H](O)[C@H](O)C5O)[C@H](O)C4O)COCCCS[C@@H]4OC(CO)[C@H](O[C@@H]5OC(CO)[C@H](O)[C@H](O)C5O)[C@H](O)C4O)O[C@@H](OC1C(O)C2O)C(O)C3O. The van der Waals surface area contributed by atoms with E-state index in [-0.39, 0.29) is 75.8 Å². The van der Waals surface area contributed by atoms with Crippen molar-refractivity contribution in [1.29, 1.82) is 0 Å². The highest BCUT2D eigenvalue weighted by atomic mass is 32.2. The summed E-state index contributed by atoms with van der Waals surface area (Å²) in [4.78, 5) is 0. The van der Waals surface area contributed by atoms with Gasteiger partial charge in [-0.25, -0.2) is 0 Å². The highest BCUT2D eigenvalue weighted by Gasteiger charge is 2.55. The summed E-state index contributed by atoms with van der Waals surface area (Å²) in [5, 5.41) is 250. The normalized spacial score (nSPS) is 43.1. The molecule has 11 heterocycles. The summed E-state index contributed by atoms with van der Waals surface area (Å²) in [5.74, 6) is 1.12. The summed E-state index contributed by atoms with van der Waals surface area (Å²) in [7, 11) is 0. The lowest BCUT2D eigenvalue weighted by molar-refractivity contribution is -0.353. The molecule has 0 aromatic heterocycles. The number of thioether (sulfide) groups is 4. The standard InChI is InChI=1S/C65H116N2O37S5/c68-19-30-38(75)41(78)48(85)59(95-30)103-55-34(23-72)100-62(52(89)45(55)82)108-16-5-11-92-27-65(8-14-91-10-4-15-107-61-51(88)43(80)40(77)32(21-70)99-61,28-93-12-6-17-109-63-53(90)46(83)56(35(24-73)101-63)104-60-49(86)42(79)39(76)31(20-69)96-60)26-67-64(105)66-9-18-106-25-36-29-7-2-1-3-13-94-57-50(87)44(81)54(33(22-71)97-57)102-58(98-36)47(84)37(29)74/h29-63,68-90H,1-28H2,(H2,66,67,105)/t29?,30?,31?,32?,33?,34?,35?,36?,37?,38-,39-,40-,41-,42-,43-,44?,45+,46+,47?,48?,49?,50?,51?,52?,53?,54?,55-,56-,57+,58-,59-,60-,61-,62-,63-,65?/m0/s1. The minimum absolute atomic E-state index is 0.00398. The molecular formula is C65H116N2O37S5.